The van der Waals surface area contributed by atoms with Gasteiger partial charge in [0.25, 0.3) is 0 Å². The van der Waals surface area contributed by atoms with Gasteiger partial charge >= 0.3 is 5.97 Å². The Morgan fingerprint density at radius 2 is 2.26 bits per heavy atom. The molecule has 4 nitrogen and oxygen atoms in total. The second kappa shape index (κ2) is 8.61. The molecule has 0 bridgehead atoms. The zero-order valence-electron chi connectivity index (χ0n) is 11.3. The molecule has 0 amide bonds. The summed E-state index contributed by atoms with van der Waals surface area (Å²) >= 11 is 0. The maximum Gasteiger partial charge on any atom is 0.332 e. The summed E-state index contributed by atoms with van der Waals surface area (Å²) in [6.45, 7) is 5.00. The standard InChI is InChI=1S/C14H20FNO3/c1-3-19-14(17)10-18-8-7-16-11(2)12-5-4-6-13(15)9-12/h4-6,9,11,16H,3,7-8,10H2,1-2H3/t11-/m0/s1. The van der Waals surface area contributed by atoms with Crippen LogP contribution in [-0.4, -0.2) is 32.3 Å². The van der Waals surface area contributed by atoms with Gasteiger partial charge in [-0.1, -0.05) is 12.1 Å². The molecule has 19 heavy (non-hydrogen) atoms. The van der Waals surface area contributed by atoms with Gasteiger partial charge in [0.15, 0.2) is 0 Å². The van der Waals surface area contributed by atoms with Crippen LogP contribution in [0.25, 0.3) is 0 Å². The van der Waals surface area contributed by atoms with E-state index in [-0.39, 0.29) is 24.4 Å². The van der Waals surface area contributed by atoms with E-state index in [1.165, 1.54) is 12.1 Å². The van der Waals surface area contributed by atoms with E-state index in [1.807, 2.05) is 13.0 Å². The fourth-order valence-electron chi connectivity index (χ4n) is 1.60. The predicted octanol–water partition coefficient (Wildman–Crippen LogP) is 2.06. The van der Waals surface area contributed by atoms with Crippen molar-refractivity contribution in [3.63, 3.8) is 0 Å². The van der Waals surface area contributed by atoms with Gasteiger partial charge in [-0.15, -0.1) is 0 Å². The van der Waals surface area contributed by atoms with Crippen LogP contribution in [0.15, 0.2) is 24.3 Å². The van der Waals surface area contributed by atoms with Crippen molar-refractivity contribution in [2.45, 2.75) is 19.9 Å². The number of hydrogen-bond donors (Lipinski definition) is 1. The van der Waals surface area contributed by atoms with Crippen molar-refractivity contribution >= 4 is 5.97 Å². The minimum absolute atomic E-state index is 0.0295. The SMILES string of the molecule is CCOC(=O)COCCN[C@@H](C)c1cccc(F)c1. The Hall–Kier alpha value is -1.46. The molecule has 0 fully saturated rings. The van der Waals surface area contributed by atoms with Crippen molar-refractivity contribution in [2.75, 3.05) is 26.4 Å². The van der Waals surface area contributed by atoms with Crippen molar-refractivity contribution in [1.29, 1.82) is 0 Å². The highest BCUT2D eigenvalue weighted by Crippen LogP contribution is 2.12. The van der Waals surface area contributed by atoms with Gasteiger partial charge in [0.05, 0.1) is 13.2 Å². The van der Waals surface area contributed by atoms with E-state index in [9.17, 15) is 9.18 Å². The Labute approximate surface area is 112 Å². The third-order valence-electron chi connectivity index (χ3n) is 2.57. The quantitative estimate of drug-likeness (QED) is 0.579. The molecular weight excluding hydrogens is 249 g/mol. The average molecular weight is 269 g/mol. The highest BCUT2D eigenvalue weighted by Gasteiger charge is 2.05. The van der Waals surface area contributed by atoms with Gasteiger partial charge in [0.2, 0.25) is 0 Å². The molecule has 1 N–H and O–H groups in total. The molecule has 0 unspecified atom stereocenters. The fourth-order valence-corrected chi connectivity index (χ4v) is 1.60. The zero-order valence-corrected chi connectivity index (χ0v) is 11.3. The first-order valence-electron chi connectivity index (χ1n) is 6.35. The summed E-state index contributed by atoms with van der Waals surface area (Å²) in [5.74, 6) is -0.606. The Balaban J connectivity index is 2.17. The largest absolute Gasteiger partial charge is 0.464 e. The zero-order chi connectivity index (χ0) is 14.1. The lowest BCUT2D eigenvalue weighted by molar-refractivity contribution is -0.148. The number of benzene rings is 1. The summed E-state index contributed by atoms with van der Waals surface area (Å²) in [4.78, 5) is 11.0. The molecular formula is C14H20FNO3. The highest BCUT2D eigenvalue weighted by atomic mass is 19.1. The van der Waals surface area contributed by atoms with Crippen LogP contribution in [0.1, 0.15) is 25.5 Å². The number of rotatable bonds is 8. The van der Waals surface area contributed by atoms with Crippen molar-refractivity contribution < 1.29 is 18.7 Å². The number of halogens is 1. The first-order valence-corrected chi connectivity index (χ1v) is 6.35. The Morgan fingerprint density at radius 1 is 1.47 bits per heavy atom. The molecule has 0 saturated heterocycles. The lowest BCUT2D eigenvalue weighted by atomic mass is 10.1. The Kier molecular flexibility index (Phi) is 7.07. The summed E-state index contributed by atoms with van der Waals surface area (Å²) in [6, 6.07) is 6.48. The summed E-state index contributed by atoms with van der Waals surface area (Å²) in [7, 11) is 0. The lowest BCUT2D eigenvalue weighted by Crippen LogP contribution is -2.24. The maximum absolute atomic E-state index is 13.0. The number of ether oxygens (including phenoxy) is 2. The first-order chi connectivity index (χ1) is 9.13. The second-order valence-corrected chi connectivity index (χ2v) is 4.09. The van der Waals surface area contributed by atoms with Crippen molar-refractivity contribution in [1.82, 2.24) is 5.32 Å². The molecule has 0 saturated carbocycles. The van der Waals surface area contributed by atoms with Gasteiger partial charge < -0.3 is 14.8 Å². The van der Waals surface area contributed by atoms with Gasteiger partial charge in [0.1, 0.15) is 12.4 Å². The van der Waals surface area contributed by atoms with E-state index in [0.717, 1.165) is 5.56 Å². The van der Waals surface area contributed by atoms with E-state index < -0.39 is 0 Å². The first kappa shape index (κ1) is 15.6. The van der Waals surface area contributed by atoms with Gasteiger partial charge in [0, 0.05) is 12.6 Å². The molecule has 0 aliphatic carbocycles. The normalized spacial score (nSPS) is 12.2. The average Bonchev–Trinajstić information content (AvgIpc) is 2.38. The fraction of sp³-hybridized carbons (Fsp3) is 0.500. The van der Waals surface area contributed by atoms with Crippen LogP contribution in [0.2, 0.25) is 0 Å². The molecule has 106 valence electrons. The number of carbonyl (C=O) groups excluding carboxylic acids is 1. The van der Waals surface area contributed by atoms with Crippen LogP contribution in [0.4, 0.5) is 4.39 Å². The predicted molar refractivity (Wildman–Crippen MR) is 70.3 cm³/mol. The summed E-state index contributed by atoms with van der Waals surface area (Å²) in [6.07, 6.45) is 0. The maximum atomic E-state index is 13.0. The molecule has 5 heteroatoms. The monoisotopic (exact) mass is 269 g/mol. The second-order valence-electron chi connectivity index (χ2n) is 4.09. The Morgan fingerprint density at radius 3 is 2.95 bits per heavy atom. The molecule has 1 rings (SSSR count). The molecule has 0 heterocycles. The lowest BCUT2D eigenvalue weighted by Gasteiger charge is -2.14. The summed E-state index contributed by atoms with van der Waals surface area (Å²) in [5.41, 5.74) is 0.880. The minimum atomic E-state index is -0.360. The van der Waals surface area contributed by atoms with Crippen LogP contribution in [0, 0.1) is 5.82 Å². The van der Waals surface area contributed by atoms with E-state index in [4.69, 9.17) is 9.47 Å². The van der Waals surface area contributed by atoms with Crippen LogP contribution >= 0.6 is 0 Å². The van der Waals surface area contributed by atoms with Gasteiger partial charge in [-0.2, -0.15) is 0 Å². The number of nitrogens with one attached hydrogen (secondary N) is 1. The highest BCUT2D eigenvalue weighted by molar-refractivity contribution is 5.70. The number of hydrogen-bond acceptors (Lipinski definition) is 4. The molecule has 0 aliphatic heterocycles. The van der Waals surface area contributed by atoms with Gasteiger partial charge in [-0.05, 0) is 31.5 Å². The van der Waals surface area contributed by atoms with Gasteiger partial charge in [-0.3, -0.25) is 0 Å². The molecule has 1 aromatic rings. The molecule has 0 aromatic heterocycles. The molecule has 1 atom stereocenters. The van der Waals surface area contributed by atoms with E-state index in [0.29, 0.717) is 19.8 Å². The van der Waals surface area contributed by atoms with Crippen molar-refractivity contribution in [3.8, 4) is 0 Å². The number of esters is 1. The third kappa shape index (κ3) is 6.31. The minimum Gasteiger partial charge on any atom is -0.464 e. The van der Waals surface area contributed by atoms with E-state index in [2.05, 4.69) is 5.32 Å². The molecule has 0 spiro atoms. The summed E-state index contributed by atoms with van der Waals surface area (Å²) < 4.78 is 22.9. The van der Waals surface area contributed by atoms with Crippen molar-refractivity contribution in [3.05, 3.63) is 35.6 Å². The van der Waals surface area contributed by atoms with Gasteiger partial charge in [-0.25, -0.2) is 9.18 Å². The molecule has 0 radical (unpaired) electrons. The topological polar surface area (TPSA) is 47.6 Å². The van der Waals surface area contributed by atoms with Crippen LogP contribution < -0.4 is 5.32 Å². The molecule has 1 aromatic carbocycles. The van der Waals surface area contributed by atoms with Crippen molar-refractivity contribution in [2.24, 2.45) is 0 Å². The van der Waals surface area contributed by atoms with Crippen LogP contribution in [0.3, 0.4) is 0 Å². The smallest absolute Gasteiger partial charge is 0.332 e. The molecule has 0 aliphatic rings. The van der Waals surface area contributed by atoms with E-state index in [1.54, 1.807) is 13.0 Å². The number of carbonyl (C=O) groups is 1. The third-order valence-corrected chi connectivity index (χ3v) is 2.57. The van der Waals surface area contributed by atoms with Crippen LogP contribution in [0.5, 0.6) is 0 Å². The summed E-state index contributed by atoms with van der Waals surface area (Å²) in [5, 5.41) is 3.19. The Bertz CT molecular complexity index is 398. The van der Waals surface area contributed by atoms with E-state index >= 15 is 0 Å². The van der Waals surface area contributed by atoms with Crippen LogP contribution in [-0.2, 0) is 14.3 Å².